The number of pyridine rings is 1. The van der Waals surface area contributed by atoms with Crippen LogP contribution in [0.1, 0.15) is 22.5 Å². The third kappa shape index (κ3) is 3.31. The molecular formula is C20H16ClN5O3. The first-order valence-corrected chi connectivity index (χ1v) is 9.13. The molecule has 9 heteroatoms. The minimum Gasteiger partial charge on any atom is -0.369 e. The number of fused-ring (bicyclic) bond motifs is 1. The molecule has 0 aliphatic carbocycles. The predicted molar refractivity (Wildman–Crippen MR) is 106 cm³/mol. The largest absolute Gasteiger partial charge is 0.369 e. The predicted octanol–water partition coefficient (Wildman–Crippen LogP) is 1.12. The number of amides is 2. The Morgan fingerprint density at radius 3 is 2.83 bits per heavy atom. The van der Waals surface area contributed by atoms with Gasteiger partial charge in [-0.05, 0) is 30.3 Å². The fraction of sp³-hybridized carbons (Fsp3) is 0.200. The molecule has 29 heavy (non-hydrogen) atoms. The fourth-order valence-electron chi connectivity index (χ4n) is 3.20. The summed E-state index contributed by atoms with van der Waals surface area (Å²) in [5.74, 6) is 4.43. The molecule has 2 amide bonds. The number of aromatic nitrogens is 3. The molecule has 1 aliphatic heterocycles. The Bertz CT molecular complexity index is 1230. The minimum absolute atomic E-state index is 0.0783. The summed E-state index contributed by atoms with van der Waals surface area (Å²) < 4.78 is 1.45. The van der Waals surface area contributed by atoms with Crippen LogP contribution in [0.3, 0.4) is 0 Å². The fourth-order valence-corrected chi connectivity index (χ4v) is 3.34. The monoisotopic (exact) mass is 409 g/mol. The van der Waals surface area contributed by atoms with E-state index in [0.29, 0.717) is 28.8 Å². The first kappa shape index (κ1) is 18.9. The van der Waals surface area contributed by atoms with E-state index in [2.05, 4.69) is 21.9 Å². The van der Waals surface area contributed by atoms with E-state index < -0.39 is 17.4 Å². The van der Waals surface area contributed by atoms with Gasteiger partial charge >= 0.3 is 0 Å². The number of rotatable bonds is 2. The van der Waals surface area contributed by atoms with Gasteiger partial charge in [0.15, 0.2) is 11.3 Å². The number of nitrogens with zero attached hydrogens (tertiary/aromatic N) is 4. The van der Waals surface area contributed by atoms with Gasteiger partial charge in [0.25, 0.3) is 11.8 Å². The van der Waals surface area contributed by atoms with Crippen molar-refractivity contribution in [2.45, 2.75) is 12.0 Å². The van der Waals surface area contributed by atoms with E-state index in [-0.39, 0.29) is 17.3 Å². The zero-order chi connectivity index (χ0) is 20.8. The summed E-state index contributed by atoms with van der Waals surface area (Å²) in [7, 11) is 1.62. The number of benzene rings is 1. The summed E-state index contributed by atoms with van der Waals surface area (Å²) in [5, 5.41) is 15.5. The number of halogens is 1. The van der Waals surface area contributed by atoms with Crippen LogP contribution in [0.2, 0.25) is 5.15 Å². The molecule has 1 aliphatic rings. The topological polar surface area (TPSA) is 114 Å². The second-order valence-corrected chi connectivity index (χ2v) is 7.15. The molecule has 8 nitrogen and oxygen atoms in total. The second kappa shape index (κ2) is 6.88. The molecule has 3 N–H and O–H groups in total. The number of primary amides is 1. The highest BCUT2D eigenvalue weighted by Gasteiger charge is 2.42. The molecule has 0 bridgehead atoms. The van der Waals surface area contributed by atoms with Crippen LogP contribution in [0.4, 0.5) is 0 Å². The highest BCUT2D eigenvalue weighted by Crippen LogP contribution is 2.24. The quantitative estimate of drug-likeness (QED) is 0.486. The highest BCUT2D eigenvalue weighted by molar-refractivity contribution is 6.29. The summed E-state index contributed by atoms with van der Waals surface area (Å²) in [4.78, 5) is 29.5. The lowest BCUT2D eigenvalue weighted by atomic mass is 10.0. The Labute approximate surface area is 170 Å². The smallest absolute Gasteiger partial charge is 0.269 e. The van der Waals surface area contributed by atoms with Crippen LogP contribution in [-0.4, -0.2) is 55.8 Å². The second-order valence-electron chi connectivity index (χ2n) is 6.77. The SMILES string of the molecule is CN1CC[C@@](O)(C#Cc2cccc(-n3nc(C(N)=O)c4ccc(Cl)nc43)c2)C1=O. The molecule has 4 rings (SSSR count). The number of nitrogens with two attached hydrogens (primary N) is 1. The van der Waals surface area contributed by atoms with Gasteiger partial charge in [-0.25, -0.2) is 9.67 Å². The van der Waals surface area contributed by atoms with Crippen molar-refractivity contribution in [1.82, 2.24) is 19.7 Å². The minimum atomic E-state index is -1.68. The first-order valence-electron chi connectivity index (χ1n) is 8.75. The Morgan fingerprint density at radius 1 is 1.34 bits per heavy atom. The van der Waals surface area contributed by atoms with Crippen molar-refractivity contribution in [2.24, 2.45) is 5.73 Å². The average Bonchev–Trinajstić information content (AvgIpc) is 3.20. The molecule has 3 heterocycles. The number of likely N-dealkylation sites (N-methyl/N-ethyl adjacent to an activating group) is 1. The van der Waals surface area contributed by atoms with Crippen LogP contribution < -0.4 is 5.73 Å². The normalized spacial score (nSPS) is 18.7. The van der Waals surface area contributed by atoms with Crippen molar-refractivity contribution in [3.8, 4) is 17.5 Å². The van der Waals surface area contributed by atoms with Gasteiger partial charge in [-0.2, -0.15) is 5.10 Å². The molecule has 1 saturated heterocycles. The standard InChI is InChI=1S/C20H16ClN5O3/c1-25-10-9-20(29,19(25)28)8-7-12-3-2-4-13(11-12)26-18-14(5-6-15(21)23-18)16(24-26)17(22)27/h2-6,11,29H,9-10H2,1H3,(H2,22,27)/t20-/m0/s1. The Balaban J connectivity index is 1.78. The number of carbonyl (C=O) groups is 2. The summed E-state index contributed by atoms with van der Waals surface area (Å²) in [6.45, 7) is 0.450. The molecule has 146 valence electrons. The van der Waals surface area contributed by atoms with Crippen molar-refractivity contribution < 1.29 is 14.7 Å². The average molecular weight is 410 g/mol. The maximum Gasteiger partial charge on any atom is 0.269 e. The number of hydrogen-bond acceptors (Lipinski definition) is 5. The number of hydrogen-bond donors (Lipinski definition) is 2. The van der Waals surface area contributed by atoms with Gasteiger partial charge in [0.1, 0.15) is 5.15 Å². The summed E-state index contributed by atoms with van der Waals surface area (Å²) in [6, 6.07) is 10.1. The Kier molecular flexibility index (Phi) is 4.49. The number of likely N-dealkylation sites (tertiary alicyclic amines) is 1. The van der Waals surface area contributed by atoms with Crippen molar-refractivity contribution >= 4 is 34.4 Å². The first-order chi connectivity index (χ1) is 13.8. The van der Waals surface area contributed by atoms with Crippen LogP contribution in [0.25, 0.3) is 16.7 Å². The van der Waals surface area contributed by atoms with Gasteiger partial charge in [0, 0.05) is 25.6 Å². The third-order valence-corrected chi connectivity index (χ3v) is 4.95. The lowest BCUT2D eigenvalue weighted by Crippen LogP contribution is -2.37. The molecule has 1 aromatic carbocycles. The van der Waals surface area contributed by atoms with Crippen LogP contribution in [0.5, 0.6) is 0 Å². The lowest BCUT2D eigenvalue weighted by Gasteiger charge is -2.13. The van der Waals surface area contributed by atoms with E-state index in [1.807, 2.05) is 0 Å². The number of aliphatic hydroxyl groups is 1. The van der Waals surface area contributed by atoms with Gasteiger partial charge in [-0.15, -0.1) is 0 Å². The van der Waals surface area contributed by atoms with Crippen molar-refractivity contribution in [3.05, 3.63) is 52.8 Å². The highest BCUT2D eigenvalue weighted by atomic mass is 35.5. The van der Waals surface area contributed by atoms with E-state index >= 15 is 0 Å². The molecular weight excluding hydrogens is 394 g/mol. The maximum atomic E-state index is 12.1. The van der Waals surface area contributed by atoms with E-state index in [1.165, 1.54) is 9.58 Å². The number of carbonyl (C=O) groups excluding carboxylic acids is 2. The summed E-state index contributed by atoms with van der Waals surface area (Å²) >= 11 is 6.01. The summed E-state index contributed by atoms with van der Waals surface area (Å²) in [6.07, 6.45) is 0.253. The van der Waals surface area contributed by atoms with Gasteiger partial charge in [0.2, 0.25) is 5.60 Å². The van der Waals surface area contributed by atoms with Crippen LogP contribution >= 0.6 is 11.6 Å². The van der Waals surface area contributed by atoms with Gasteiger partial charge in [-0.1, -0.05) is 29.5 Å². The van der Waals surface area contributed by atoms with Gasteiger partial charge in [0.05, 0.1) is 11.1 Å². The van der Waals surface area contributed by atoms with Crippen LogP contribution in [-0.2, 0) is 4.79 Å². The molecule has 3 aromatic rings. The van der Waals surface area contributed by atoms with E-state index in [0.717, 1.165) is 0 Å². The molecule has 0 radical (unpaired) electrons. The van der Waals surface area contributed by atoms with Crippen LogP contribution in [0, 0.1) is 11.8 Å². The molecule has 1 atom stereocenters. The van der Waals surface area contributed by atoms with E-state index in [9.17, 15) is 14.7 Å². The molecule has 0 spiro atoms. The van der Waals surface area contributed by atoms with Gasteiger partial charge < -0.3 is 15.7 Å². The maximum absolute atomic E-state index is 12.1. The van der Waals surface area contributed by atoms with Crippen LogP contribution in [0.15, 0.2) is 36.4 Å². The lowest BCUT2D eigenvalue weighted by molar-refractivity contribution is -0.137. The van der Waals surface area contributed by atoms with E-state index in [4.69, 9.17) is 17.3 Å². The van der Waals surface area contributed by atoms with Crippen molar-refractivity contribution in [3.63, 3.8) is 0 Å². The Morgan fingerprint density at radius 2 is 2.14 bits per heavy atom. The van der Waals surface area contributed by atoms with Crippen molar-refractivity contribution in [1.29, 1.82) is 0 Å². The third-order valence-electron chi connectivity index (χ3n) is 4.74. The van der Waals surface area contributed by atoms with Gasteiger partial charge in [-0.3, -0.25) is 9.59 Å². The zero-order valence-corrected chi connectivity index (χ0v) is 16.1. The molecule has 1 fully saturated rings. The summed E-state index contributed by atoms with van der Waals surface area (Å²) in [5.41, 5.74) is 5.34. The molecule has 0 unspecified atom stereocenters. The molecule has 2 aromatic heterocycles. The Hall–Kier alpha value is -3.41. The zero-order valence-electron chi connectivity index (χ0n) is 15.4. The van der Waals surface area contributed by atoms with E-state index in [1.54, 1.807) is 43.4 Å². The van der Waals surface area contributed by atoms with Crippen molar-refractivity contribution in [2.75, 3.05) is 13.6 Å². The molecule has 0 saturated carbocycles.